The van der Waals surface area contributed by atoms with Crippen molar-refractivity contribution in [3.05, 3.63) is 58.2 Å². The van der Waals surface area contributed by atoms with E-state index in [1.165, 1.54) is 12.1 Å². The predicted octanol–water partition coefficient (Wildman–Crippen LogP) is 4.69. The van der Waals surface area contributed by atoms with Crippen LogP contribution in [0.15, 0.2) is 35.2 Å². The van der Waals surface area contributed by atoms with Crippen LogP contribution in [0.1, 0.15) is 5.56 Å². The summed E-state index contributed by atoms with van der Waals surface area (Å²) >= 11 is 5.88. The number of hydrogen-bond donors (Lipinski definition) is 0. The maximum Gasteiger partial charge on any atom is 0.341 e. The minimum absolute atomic E-state index is 0.0662. The largest absolute Gasteiger partial charge is 0.457 e. The van der Waals surface area contributed by atoms with E-state index in [9.17, 15) is 21.6 Å². The van der Waals surface area contributed by atoms with E-state index in [1.54, 1.807) is 0 Å². The molecule has 2 rings (SSSR count). The zero-order valence-electron chi connectivity index (χ0n) is 12.0. The number of benzene rings is 2. The third-order valence-electron chi connectivity index (χ3n) is 2.93. The van der Waals surface area contributed by atoms with E-state index in [1.807, 2.05) is 0 Å². The van der Waals surface area contributed by atoms with Crippen molar-refractivity contribution >= 4 is 27.1 Å². The van der Waals surface area contributed by atoms with Crippen LogP contribution in [-0.4, -0.2) is 14.2 Å². The number of nitriles is 1. The summed E-state index contributed by atoms with van der Waals surface area (Å²) in [6.07, 6.45) is 0. The topological polar surface area (TPSA) is 71.5 Å². The molecule has 0 radical (unpaired) electrons. The standard InChI is InChI=1S/C15H6ClF3N2O3S/c1-21-9-4-8(17)5-10(6-9)24-12-2-3-13(11(7-20)14(12)16)25(22,23)15(18)19/h2-6,15H. The van der Waals surface area contributed by atoms with Crippen molar-refractivity contribution in [1.29, 1.82) is 5.26 Å². The molecule has 0 aromatic heterocycles. The van der Waals surface area contributed by atoms with Crippen LogP contribution in [-0.2, 0) is 9.84 Å². The number of ether oxygens (including phenoxy) is 1. The van der Waals surface area contributed by atoms with Gasteiger partial charge in [-0.3, -0.25) is 0 Å². The fourth-order valence-corrected chi connectivity index (χ4v) is 3.04. The molecule has 0 saturated heterocycles. The highest BCUT2D eigenvalue weighted by atomic mass is 35.5. The lowest BCUT2D eigenvalue weighted by atomic mass is 10.2. The molecule has 10 heteroatoms. The van der Waals surface area contributed by atoms with Gasteiger partial charge in [-0.2, -0.15) is 14.0 Å². The summed E-state index contributed by atoms with van der Waals surface area (Å²) in [4.78, 5) is 2.10. The first kappa shape index (κ1) is 18.6. The Bertz CT molecular complexity index is 1030. The van der Waals surface area contributed by atoms with Gasteiger partial charge in [0, 0.05) is 6.07 Å². The summed E-state index contributed by atoms with van der Waals surface area (Å²) < 4.78 is 67.2. The summed E-state index contributed by atoms with van der Waals surface area (Å²) in [5.74, 6) is -4.89. The van der Waals surface area contributed by atoms with Gasteiger partial charge in [0.05, 0.1) is 17.0 Å². The second-order valence-corrected chi connectivity index (χ2v) is 6.79. The molecule has 0 heterocycles. The lowest BCUT2D eigenvalue weighted by Crippen LogP contribution is -2.13. The Labute approximate surface area is 145 Å². The van der Waals surface area contributed by atoms with Crippen LogP contribution in [0.25, 0.3) is 4.85 Å². The maximum absolute atomic E-state index is 13.4. The summed E-state index contributed by atoms with van der Waals surface area (Å²) in [6, 6.07) is 6.22. The molecule has 0 N–H and O–H groups in total. The maximum atomic E-state index is 13.4. The molecule has 0 amide bonds. The molecule has 0 bridgehead atoms. The van der Waals surface area contributed by atoms with Gasteiger partial charge in [-0.05, 0) is 24.3 Å². The van der Waals surface area contributed by atoms with Gasteiger partial charge in [0.25, 0.3) is 0 Å². The number of nitrogens with zero attached hydrogens (tertiary/aromatic N) is 2. The van der Waals surface area contributed by atoms with Crippen LogP contribution in [0, 0.1) is 23.7 Å². The molecular formula is C15H6ClF3N2O3S. The Kier molecular flexibility index (Phi) is 5.21. The molecule has 0 saturated carbocycles. The molecular weight excluding hydrogens is 381 g/mol. The van der Waals surface area contributed by atoms with E-state index >= 15 is 0 Å². The zero-order valence-corrected chi connectivity index (χ0v) is 13.6. The van der Waals surface area contributed by atoms with Gasteiger partial charge >= 0.3 is 5.76 Å². The van der Waals surface area contributed by atoms with Crippen LogP contribution >= 0.6 is 11.6 Å². The fourth-order valence-electron chi connectivity index (χ4n) is 1.85. The Balaban J connectivity index is 2.55. The monoisotopic (exact) mass is 386 g/mol. The third kappa shape index (κ3) is 3.68. The van der Waals surface area contributed by atoms with E-state index in [0.29, 0.717) is 0 Å². The first-order valence-corrected chi connectivity index (χ1v) is 8.23. The van der Waals surface area contributed by atoms with Crippen molar-refractivity contribution in [3.8, 4) is 17.6 Å². The van der Waals surface area contributed by atoms with Crippen LogP contribution in [0.5, 0.6) is 11.5 Å². The molecule has 0 spiro atoms. The molecule has 2 aromatic carbocycles. The van der Waals surface area contributed by atoms with Gasteiger partial charge in [0.2, 0.25) is 9.84 Å². The summed E-state index contributed by atoms with van der Waals surface area (Å²) in [6.45, 7) is 6.86. The molecule has 0 unspecified atom stereocenters. The van der Waals surface area contributed by atoms with Gasteiger partial charge in [-0.25, -0.2) is 17.7 Å². The second kappa shape index (κ2) is 7.01. The molecule has 0 atom stereocenters. The second-order valence-electron chi connectivity index (χ2n) is 4.53. The van der Waals surface area contributed by atoms with E-state index in [4.69, 9.17) is 28.2 Å². The number of hydrogen-bond acceptors (Lipinski definition) is 4. The van der Waals surface area contributed by atoms with Gasteiger partial charge in [-0.15, -0.1) is 0 Å². The molecule has 0 aliphatic rings. The minimum atomic E-state index is -5.04. The average molecular weight is 387 g/mol. The highest BCUT2D eigenvalue weighted by molar-refractivity contribution is 7.91. The number of rotatable bonds is 4. The Morgan fingerprint density at radius 1 is 1.28 bits per heavy atom. The van der Waals surface area contributed by atoms with Gasteiger partial charge in [-0.1, -0.05) is 11.6 Å². The van der Waals surface area contributed by atoms with E-state index < -0.39 is 36.9 Å². The molecule has 0 aliphatic carbocycles. The quantitative estimate of drug-likeness (QED) is 0.714. The summed E-state index contributed by atoms with van der Waals surface area (Å²) in [5, 5.41) is 8.53. The Morgan fingerprint density at radius 2 is 1.96 bits per heavy atom. The number of halogens is 4. The minimum Gasteiger partial charge on any atom is -0.457 e. The van der Waals surface area contributed by atoms with Gasteiger partial charge < -0.3 is 4.74 Å². The molecule has 5 nitrogen and oxygen atoms in total. The fraction of sp³-hybridized carbons (Fsp3) is 0.0667. The third-order valence-corrected chi connectivity index (χ3v) is 4.73. The van der Waals surface area contributed by atoms with Crippen LogP contribution < -0.4 is 4.74 Å². The first-order valence-electron chi connectivity index (χ1n) is 6.31. The number of sulfone groups is 1. The van der Waals surface area contributed by atoms with Gasteiger partial charge in [0.15, 0.2) is 5.69 Å². The predicted molar refractivity (Wildman–Crippen MR) is 82.1 cm³/mol. The van der Waals surface area contributed by atoms with Crippen molar-refractivity contribution in [2.24, 2.45) is 0 Å². The Morgan fingerprint density at radius 3 is 2.52 bits per heavy atom. The van der Waals surface area contributed by atoms with Crippen molar-refractivity contribution in [2.45, 2.75) is 10.7 Å². The molecule has 0 aliphatic heterocycles. The highest BCUT2D eigenvalue weighted by Gasteiger charge is 2.31. The summed E-state index contributed by atoms with van der Waals surface area (Å²) in [5.41, 5.74) is -0.787. The van der Waals surface area contributed by atoms with Crippen LogP contribution in [0.2, 0.25) is 5.02 Å². The average Bonchev–Trinajstić information content (AvgIpc) is 2.55. The highest BCUT2D eigenvalue weighted by Crippen LogP contribution is 2.37. The van der Waals surface area contributed by atoms with Crippen molar-refractivity contribution in [1.82, 2.24) is 0 Å². The van der Waals surface area contributed by atoms with E-state index in [0.717, 1.165) is 24.3 Å². The summed E-state index contributed by atoms with van der Waals surface area (Å²) in [7, 11) is -5.04. The van der Waals surface area contributed by atoms with Crippen molar-refractivity contribution < 1.29 is 26.3 Å². The molecule has 25 heavy (non-hydrogen) atoms. The molecule has 128 valence electrons. The number of alkyl halides is 2. The van der Waals surface area contributed by atoms with E-state index in [-0.39, 0.29) is 17.2 Å². The first-order chi connectivity index (χ1) is 11.7. The van der Waals surface area contributed by atoms with E-state index in [2.05, 4.69) is 4.85 Å². The van der Waals surface area contributed by atoms with Crippen molar-refractivity contribution in [3.63, 3.8) is 0 Å². The lowest BCUT2D eigenvalue weighted by Gasteiger charge is -2.12. The Hall–Kier alpha value is -2.75. The smallest absolute Gasteiger partial charge is 0.341 e. The van der Waals surface area contributed by atoms with Gasteiger partial charge in [0.1, 0.15) is 28.4 Å². The molecule has 0 fully saturated rings. The van der Waals surface area contributed by atoms with Crippen molar-refractivity contribution in [2.75, 3.05) is 0 Å². The molecule has 2 aromatic rings. The normalized spacial score (nSPS) is 11.0. The van der Waals surface area contributed by atoms with Crippen LogP contribution in [0.3, 0.4) is 0 Å². The zero-order chi connectivity index (χ0) is 18.8. The SMILES string of the molecule is [C-]#[N+]c1cc(F)cc(Oc2ccc(S(=O)(=O)C(F)F)c(C#N)c2Cl)c1. The lowest BCUT2D eigenvalue weighted by molar-refractivity contribution is 0.234. The van der Waals surface area contributed by atoms with Crippen LogP contribution in [0.4, 0.5) is 18.9 Å².